The number of benzene rings is 4. The Kier molecular flexibility index (Phi) is 15.5. The molecule has 4 atom stereocenters. The number of hydrogen-bond acceptors (Lipinski definition) is 12. The standard InChI is InChI=1S/C55H53F2N6O13PS/c1-54(2,3)47(60-49(67)43-27-34-24-36(16-19-42(34)78-43)55(56,57)77(72,73)74)53(71)62-28-35-25-37(17-15-33(35)26-40(62)51(69)61-22-23-75-41(29-61)31-10-5-4-6-11-31)76-30-45(65)58-21-8-7-12-32-13-9-14-38-46(32)52(70)63(50(38)68)39-18-20-44(64)59-48(39)66/h4-6,9-11,13-17,19,24-25,27,39-41,47H,8,18,20-23,26,28-30H2,1-3H3,(H,58,65)(H,60,67)(H,59,64,66)(H2,72,73,74)/t39?,40-,41-,47+/m0/s1. The van der Waals surface area contributed by atoms with Gasteiger partial charge >= 0.3 is 13.3 Å². The summed E-state index contributed by atoms with van der Waals surface area (Å²) in [5.74, 6) is 1.39. The van der Waals surface area contributed by atoms with Crippen molar-refractivity contribution in [1.82, 2.24) is 30.7 Å². The highest BCUT2D eigenvalue weighted by Gasteiger charge is 2.51. The third-order valence-electron chi connectivity index (χ3n) is 13.9. The van der Waals surface area contributed by atoms with E-state index in [-0.39, 0.29) is 97.1 Å². The highest BCUT2D eigenvalue weighted by atomic mass is 32.1. The lowest BCUT2D eigenvalue weighted by Gasteiger charge is -2.43. The number of rotatable bonds is 13. The van der Waals surface area contributed by atoms with Crippen molar-refractivity contribution in [2.45, 2.75) is 82.9 Å². The average molecular weight is 1110 g/mol. The van der Waals surface area contributed by atoms with Gasteiger partial charge in [0.2, 0.25) is 23.6 Å². The van der Waals surface area contributed by atoms with E-state index in [4.69, 9.17) is 9.47 Å². The number of imide groups is 2. The van der Waals surface area contributed by atoms with Crippen molar-refractivity contribution >= 4 is 76.3 Å². The molecule has 5 heterocycles. The number of alkyl halides is 2. The van der Waals surface area contributed by atoms with E-state index in [0.29, 0.717) is 10.3 Å². The summed E-state index contributed by atoms with van der Waals surface area (Å²) < 4.78 is 53.2. The van der Waals surface area contributed by atoms with E-state index >= 15 is 4.79 Å². The maximum atomic E-state index is 15.1. The van der Waals surface area contributed by atoms with Gasteiger partial charge in [-0.05, 0) is 76.4 Å². The molecule has 4 aromatic carbocycles. The summed E-state index contributed by atoms with van der Waals surface area (Å²) in [6.45, 7) is 5.53. The van der Waals surface area contributed by atoms with Crippen LogP contribution in [0.25, 0.3) is 10.1 Å². The van der Waals surface area contributed by atoms with Gasteiger partial charge in [0.25, 0.3) is 23.6 Å². The van der Waals surface area contributed by atoms with Gasteiger partial charge in [-0.2, -0.15) is 8.78 Å². The van der Waals surface area contributed by atoms with Crippen LogP contribution in [-0.2, 0) is 51.9 Å². The van der Waals surface area contributed by atoms with Crippen LogP contribution >= 0.6 is 18.9 Å². The number of nitrogens with one attached hydrogen (secondary N) is 3. The summed E-state index contributed by atoms with van der Waals surface area (Å²) >= 11 is 0.932. The van der Waals surface area contributed by atoms with Crippen LogP contribution in [0.3, 0.4) is 0 Å². The van der Waals surface area contributed by atoms with E-state index in [2.05, 4.69) is 27.8 Å². The van der Waals surface area contributed by atoms with Crippen LogP contribution in [0.4, 0.5) is 8.78 Å². The second-order valence-electron chi connectivity index (χ2n) is 20.3. The van der Waals surface area contributed by atoms with Gasteiger partial charge in [-0.25, -0.2) is 0 Å². The van der Waals surface area contributed by atoms with Gasteiger partial charge in [-0.1, -0.05) is 81.1 Å². The highest BCUT2D eigenvalue weighted by molar-refractivity contribution is 7.52. The zero-order valence-corrected chi connectivity index (χ0v) is 44.1. The minimum Gasteiger partial charge on any atom is -0.484 e. The van der Waals surface area contributed by atoms with E-state index in [1.165, 1.54) is 23.1 Å². The molecule has 0 aliphatic carbocycles. The molecule has 4 aliphatic rings. The van der Waals surface area contributed by atoms with E-state index < -0.39 is 96.4 Å². The predicted molar refractivity (Wildman–Crippen MR) is 278 cm³/mol. The van der Waals surface area contributed by atoms with Gasteiger partial charge in [-0.15, -0.1) is 11.3 Å². The van der Waals surface area contributed by atoms with Crippen molar-refractivity contribution in [1.29, 1.82) is 0 Å². The molecule has 23 heteroatoms. The van der Waals surface area contributed by atoms with Crippen LogP contribution in [0, 0.1) is 17.3 Å². The number of morpholine rings is 1. The number of hydrogen-bond donors (Lipinski definition) is 5. The van der Waals surface area contributed by atoms with Gasteiger partial charge in [0.05, 0.1) is 29.2 Å². The monoisotopic (exact) mass is 1110 g/mol. The quantitative estimate of drug-likeness (QED) is 0.0442. The number of nitrogens with zero attached hydrogens (tertiary/aromatic N) is 3. The molecule has 8 amide bonds. The summed E-state index contributed by atoms with van der Waals surface area (Å²) in [6.07, 6.45) is -0.190. The lowest BCUT2D eigenvalue weighted by atomic mass is 9.84. The Labute approximate surface area is 449 Å². The minimum atomic E-state index is -5.87. The van der Waals surface area contributed by atoms with Crippen LogP contribution in [0.5, 0.6) is 5.75 Å². The zero-order valence-electron chi connectivity index (χ0n) is 42.4. The van der Waals surface area contributed by atoms with Crippen LogP contribution in [0.2, 0.25) is 0 Å². The van der Waals surface area contributed by atoms with Gasteiger partial charge in [0.1, 0.15) is 30.0 Å². The molecule has 0 radical (unpaired) electrons. The molecule has 1 unspecified atom stereocenters. The average Bonchev–Trinajstić information content (AvgIpc) is 4.01. The van der Waals surface area contributed by atoms with E-state index in [0.717, 1.165) is 39.5 Å². The maximum Gasteiger partial charge on any atom is 0.399 e. The first kappa shape index (κ1) is 55.1. The Balaban J connectivity index is 0.885. The van der Waals surface area contributed by atoms with Gasteiger partial charge in [0, 0.05) is 54.7 Å². The Morgan fingerprint density at radius 3 is 2.45 bits per heavy atom. The van der Waals surface area contributed by atoms with E-state index in [1.54, 1.807) is 56.0 Å². The fourth-order valence-corrected chi connectivity index (χ4v) is 11.2. The van der Waals surface area contributed by atoms with Crippen LogP contribution < -0.4 is 20.7 Å². The van der Waals surface area contributed by atoms with Crippen molar-refractivity contribution in [2.75, 3.05) is 32.8 Å². The first-order valence-corrected chi connectivity index (χ1v) is 27.3. The Hall–Kier alpha value is -7.67. The minimum absolute atomic E-state index is 0.0103. The van der Waals surface area contributed by atoms with Gasteiger partial charge in [0.15, 0.2) is 6.61 Å². The molecule has 2 fully saturated rings. The molecular weight excluding hydrogens is 1050 g/mol. The van der Waals surface area contributed by atoms with Crippen molar-refractivity contribution in [3.8, 4) is 17.6 Å². The summed E-state index contributed by atoms with van der Waals surface area (Å²) in [5.41, 5.74) is -3.72. The van der Waals surface area contributed by atoms with Crippen LogP contribution in [-0.4, -0.2) is 123 Å². The fraction of sp³-hybridized carbons (Fsp3) is 0.345. The maximum absolute atomic E-state index is 15.1. The van der Waals surface area contributed by atoms with Crippen molar-refractivity contribution in [3.05, 3.63) is 135 Å². The molecule has 78 heavy (non-hydrogen) atoms. The SMILES string of the molecule is CC(C)(C)[C@H](NC(=O)c1cc2cc(C(F)(F)P(=O)(O)O)ccc2s1)C(=O)N1Cc2cc(OCC(=O)NCCC#Cc3cccc4c3C(=O)N(C3CCC(=O)NC3=O)C4=O)ccc2C[C@H]1C(=O)N1CCO[C@H](c2ccccc2)C1. The Morgan fingerprint density at radius 2 is 1.72 bits per heavy atom. The second kappa shape index (κ2) is 22.0. The Bertz CT molecular complexity index is 3400. The molecule has 4 aliphatic heterocycles. The first-order valence-electron chi connectivity index (χ1n) is 24.9. The third-order valence-corrected chi connectivity index (χ3v) is 16.0. The molecule has 0 saturated carbocycles. The smallest absolute Gasteiger partial charge is 0.399 e. The number of amides is 8. The lowest BCUT2D eigenvalue weighted by molar-refractivity contribution is -0.153. The molecular formula is C55H53F2N6O13PS. The number of ether oxygens (including phenoxy) is 2. The summed E-state index contributed by atoms with van der Waals surface area (Å²) in [4.78, 5) is 130. The van der Waals surface area contributed by atoms with E-state index in [9.17, 15) is 56.7 Å². The Morgan fingerprint density at radius 1 is 0.949 bits per heavy atom. The molecule has 406 valence electrons. The molecule has 0 bridgehead atoms. The predicted octanol–water partition coefficient (Wildman–Crippen LogP) is 5.16. The molecule has 5 N–H and O–H groups in total. The highest BCUT2D eigenvalue weighted by Crippen LogP contribution is 2.59. The number of piperidine rings is 1. The number of fused-ring (bicyclic) bond motifs is 3. The molecule has 19 nitrogen and oxygen atoms in total. The normalized spacial score (nSPS) is 19.1. The fourth-order valence-electron chi connectivity index (χ4n) is 9.80. The number of thiophene rings is 1. The number of halogens is 2. The third kappa shape index (κ3) is 11.3. The van der Waals surface area contributed by atoms with Gasteiger partial charge < -0.3 is 39.7 Å². The largest absolute Gasteiger partial charge is 0.484 e. The summed E-state index contributed by atoms with van der Waals surface area (Å²) in [5, 5.41) is 7.85. The van der Waals surface area contributed by atoms with Crippen molar-refractivity contribution in [2.24, 2.45) is 5.41 Å². The topological polar surface area (TPSA) is 258 Å². The number of carbonyl (C=O) groups is 8. The van der Waals surface area contributed by atoms with Gasteiger partial charge in [-0.3, -0.25) is 53.1 Å². The second-order valence-corrected chi connectivity index (χ2v) is 23.0. The van der Waals surface area contributed by atoms with Crippen LogP contribution in [0.1, 0.15) is 104 Å². The first-order chi connectivity index (χ1) is 37.0. The zero-order chi connectivity index (χ0) is 55.8. The molecule has 0 spiro atoms. The van der Waals surface area contributed by atoms with Crippen molar-refractivity contribution < 1.29 is 71.0 Å². The summed E-state index contributed by atoms with van der Waals surface area (Å²) in [6, 6.07) is 20.0. The lowest BCUT2D eigenvalue weighted by Crippen LogP contribution is -2.61. The molecule has 2 saturated heterocycles. The van der Waals surface area contributed by atoms with E-state index in [1.807, 2.05) is 30.3 Å². The number of carbonyl (C=O) groups excluding carboxylic acids is 8. The molecule has 5 aromatic rings. The molecule has 1 aromatic heterocycles. The summed E-state index contributed by atoms with van der Waals surface area (Å²) in [7, 11) is -5.87. The van der Waals surface area contributed by atoms with Crippen LogP contribution in [0.15, 0.2) is 91.0 Å². The molecule has 9 rings (SSSR count). The van der Waals surface area contributed by atoms with Crippen molar-refractivity contribution in [3.63, 3.8) is 0 Å².